The molecule has 1 amide bonds. The average Bonchev–Trinajstić information content (AvgIpc) is 3.18. The predicted octanol–water partition coefficient (Wildman–Crippen LogP) is 4.49. The molecular formula is C19H20N2OS. The third kappa shape index (κ3) is 3.08. The van der Waals surface area contributed by atoms with Crippen LogP contribution in [0.1, 0.15) is 26.6 Å². The van der Waals surface area contributed by atoms with Gasteiger partial charge in [-0.15, -0.1) is 11.3 Å². The summed E-state index contributed by atoms with van der Waals surface area (Å²) >= 11 is 1.74. The quantitative estimate of drug-likeness (QED) is 0.694. The number of amides is 1. The van der Waals surface area contributed by atoms with Crippen LogP contribution in [0.25, 0.3) is 0 Å². The number of anilines is 1. The molecular weight excluding hydrogens is 304 g/mol. The Morgan fingerprint density at radius 1 is 1.13 bits per heavy atom. The topological polar surface area (TPSA) is 25.2 Å². The highest BCUT2D eigenvalue weighted by atomic mass is 32.1. The van der Waals surface area contributed by atoms with Crippen LogP contribution in [0.4, 0.5) is 5.69 Å². The molecule has 0 atom stereocenters. The Balaban J connectivity index is 1.90. The zero-order valence-corrected chi connectivity index (χ0v) is 14.4. The van der Waals surface area contributed by atoms with Gasteiger partial charge in [-0.25, -0.2) is 0 Å². The summed E-state index contributed by atoms with van der Waals surface area (Å²) in [5.74, 6) is 0.0294. The summed E-state index contributed by atoms with van der Waals surface area (Å²) in [6, 6.07) is 15.9. The van der Waals surface area contributed by atoms with Crippen LogP contribution < -0.4 is 4.90 Å². The van der Waals surface area contributed by atoms with Crippen LogP contribution in [0, 0.1) is 13.8 Å². The Bertz CT molecular complexity index is 804. The Morgan fingerprint density at radius 3 is 2.52 bits per heavy atom. The van der Waals surface area contributed by atoms with Crippen molar-refractivity contribution < 1.29 is 4.79 Å². The van der Waals surface area contributed by atoms with Gasteiger partial charge in [-0.1, -0.05) is 24.3 Å². The SMILES string of the molecule is Cc1cc(C(=O)N(C)c2ccccc2)c(C)n1Cc1cccs1. The molecule has 0 radical (unpaired) electrons. The fourth-order valence-corrected chi connectivity index (χ4v) is 3.46. The normalized spacial score (nSPS) is 10.7. The average molecular weight is 324 g/mol. The number of carbonyl (C=O) groups is 1. The van der Waals surface area contributed by atoms with Gasteiger partial charge in [-0.3, -0.25) is 4.79 Å². The van der Waals surface area contributed by atoms with Crippen molar-refractivity contribution >= 4 is 22.9 Å². The number of aryl methyl sites for hydroxylation is 1. The second-order valence-electron chi connectivity index (χ2n) is 5.65. The van der Waals surface area contributed by atoms with E-state index in [2.05, 4.69) is 29.0 Å². The van der Waals surface area contributed by atoms with Gasteiger partial charge >= 0.3 is 0 Å². The van der Waals surface area contributed by atoms with Crippen LogP contribution >= 0.6 is 11.3 Å². The van der Waals surface area contributed by atoms with Crippen LogP contribution in [0.15, 0.2) is 53.9 Å². The minimum Gasteiger partial charge on any atom is -0.343 e. The number of nitrogens with zero attached hydrogens (tertiary/aromatic N) is 2. The second kappa shape index (κ2) is 6.42. The zero-order valence-electron chi connectivity index (χ0n) is 13.6. The number of aromatic nitrogens is 1. The van der Waals surface area contributed by atoms with Crippen molar-refractivity contribution in [3.05, 3.63) is 75.7 Å². The largest absolute Gasteiger partial charge is 0.343 e. The molecule has 3 aromatic rings. The molecule has 0 N–H and O–H groups in total. The van der Waals surface area contributed by atoms with E-state index >= 15 is 0 Å². The predicted molar refractivity (Wildman–Crippen MR) is 96.5 cm³/mol. The summed E-state index contributed by atoms with van der Waals surface area (Å²) in [5, 5.41) is 2.08. The highest BCUT2D eigenvalue weighted by molar-refractivity contribution is 7.09. The summed E-state index contributed by atoms with van der Waals surface area (Å²) in [7, 11) is 1.82. The van der Waals surface area contributed by atoms with Crippen molar-refractivity contribution in [1.82, 2.24) is 4.57 Å². The molecule has 0 fully saturated rings. The van der Waals surface area contributed by atoms with Crippen molar-refractivity contribution in [2.75, 3.05) is 11.9 Å². The van der Waals surface area contributed by atoms with E-state index in [-0.39, 0.29) is 5.91 Å². The zero-order chi connectivity index (χ0) is 16.4. The molecule has 0 aliphatic rings. The lowest BCUT2D eigenvalue weighted by molar-refractivity contribution is 0.0992. The van der Waals surface area contributed by atoms with Crippen molar-refractivity contribution in [2.24, 2.45) is 0 Å². The highest BCUT2D eigenvalue weighted by Crippen LogP contribution is 2.22. The number of hydrogen-bond donors (Lipinski definition) is 0. The van der Waals surface area contributed by atoms with E-state index in [1.165, 1.54) is 4.88 Å². The van der Waals surface area contributed by atoms with E-state index in [0.717, 1.165) is 29.2 Å². The van der Waals surface area contributed by atoms with Gasteiger partial charge < -0.3 is 9.47 Å². The lowest BCUT2D eigenvalue weighted by atomic mass is 10.2. The molecule has 4 heteroatoms. The number of thiophene rings is 1. The number of benzene rings is 1. The number of para-hydroxylation sites is 1. The van der Waals surface area contributed by atoms with Crippen molar-refractivity contribution in [3.8, 4) is 0 Å². The maximum atomic E-state index is 12.8. The molecule has 3 nitrogen and oxygen atoms in total. The summed E-state index contributed by atoms with van der Waals surface area (Å²) < 4.78 is 2.21. The fourth-order valence-electron chi connectivity index (χ4n) is 2.77. The van der Waals surface area contributed by atoms with E-state index in [1.54, 1.807) is 16.2 Å². The molecule has 0 aliphatic carbocycles. The first-order valence-corrected chi connectivity index (χ1v) is 8.48. The van der Waals surface area contributed by atoms with Crippen molar-refractivity contribution in [1.29, 1.82) is 0 Å². The third-order valence-electron chi connectivity index (χ3n) is 4.15. The van der Waals surface area contributed by atoms with Crippen LogP contribution in [-0.4, -0.2) is 17.5 Å². The molecule has 3 rings (SSSR count). The molecule has 0 unspecified atom stereocenters. The molecule has 0 aliphatic heterocycles. The van der Waals surface area contributed by atoms with Crippen LogP contribution in [0.3, 0.4) is 0 Å². The van der Waals surface area contributed by atoms with Gasteiger partial charge in [-0.05, 0) is 43.5 Å². The number of hydrogen-bond acceptors (Lipinski definition) is 2. The fraction of sp³-hybridized carbons (Fsp3) is 0.211. The molecule has 1 aromatic carbocycles. The van der Waals surface area contributed by atoms with Gasteiger partial charge in [0.1, 0.15) is 0 Å². The first-order chi connectivity index (χ1) is 11.1. The van der Waals surface area contributed by atoms with Gasteiger partial charge in [-0.2, -0.15) is 0 Å². The first-order valence-electron chi connectivity index (χ1n) is 7.60. The molecule has 118 valence electrons. The standard InChI is InChI=1S/C19H20N2OS/c1-14-12-18(15(2)21(14)13-17-10-7-11-23-17)19(22)20(3)16-8-5-4-6-9-16/h4-12H,13H2,1-3H3. The summed E-state index contributed by atoms with van der Waals surface area (Å²) in [6.07, 6.45) is 0. The summed E-state index contributed by atoms with van der Waals surface area (Å²) in [5.41, 5.74) is 3.80. The highest BCUT2D eigenvalue weighted by Gasteiger charge is 2.20. The van der Waals surface area contributed by atoms with Gasteiger partial charge in [0.15, 0.2) is 0 Å². The smallest absolute Gasteiger partial charge is 0.259 e. The van der Waals surface area contributed by atoms with E-state index in [9.17, 15) is 4.79 Å². The molecule has 2 heterocycles. The summed E-state index contributed by atoms with van der Waals surface area (Å²) in [4.78, 5) is 15.8. The molecule has 23 heavy (non-hydrogen) atoms. The monoisotopic (exact) mass is 324 g/mol. The van der Waals surface area contributed by atoms with E-state index < -0.39 is 0 Å². The van der Waals surface area contributed by atoms with Gasteiger partial charge in [0.2, 0.25) is 0 Å². The first kappa shape index (κ1) is 15.6. The Kier molecular flexibility index (Phi) is 4.35. The van der Waals surface area contributed by atoms with E-state index in [1.807, 2.05) is 50.4 Å². The molecule has 0 spiro atoms. The van der Waals surface area contributed by atoms with Crippen LogP contribution in [0.2, 0.25) is 0 Å². The van der Waals surface area contributed by atoms with Gasteiger partial charge in [0, 0.05) is 29.0 Å². The van der Waals surface area contributed by atoms with Crippen LogP contribution in [0.5, 0.6) is 0 Å². The molecule has 0 saturated heterocycles. The van der Waals surface area contributed by atoms with Gasteiger partial charge in [0.25, 0.3) is 5.91 Å². The molecule has 2 aromatic heterocycles. The van der Waals surface area contributed by atoms with Crippen molar-refractivity contribution in [3.63, 3.8) is 0 Å². The van der Waals surface area contributed by atoms with Crippen LogP contribution in [-0.2, 0) is 6.54 Å². The maximum Gasteiger partial charge on any atom is 0.259 e. The Morgan fingerprint density at radius 2 is 1.87 bits per heavy atom. The second-order valence-corrected chi connectivity index (χ2v) is 6.68. The Labute approximate surface area is 140 Å². The Hall–Kier alpha value is -2.33. The minimum absolute atomic E-state index is 0.0294. The van der Waals surface area contributed by atoms with Gasteiger partial charge in [0.05, 0.1) is 12.1 Å². The third-order valence-corrected chi connectivity index (χ3v) is 5.01. The number of rotatable bonds is 4. The molecule has 0 bridgehead atoms. The lowest BCUT2D eigenvalue weighted by Gasteiger charge is -2.17. The molecule has 0 saturated carbocycles. The number of carbonyl (C=O) groups excluding carboxylic acids is 1. The van der Waals surface area contributed by atoms with E-state index in [4.69, 9.17) is 0 Å². The lowest BCUT2D eigenvalue weighted by Crippen LogP contribution is -2.26. The maximum absolute atomic E-state index is 12.8. The summed E-state index contributed by atoms with van der Waals surface area (Å²) in [6.45, 7) is 4.89. The van der Waals surface area contributed by atoms with Crippen molar-refractivity contribution in [2.45, 2.75) is 20.4 Å². The van der Waals surface area contributed by atoms with E-state index in [0.29, 0.717) is 0 Å². The minimum atomic E-state index is 0.0294.